The number of rotatable bonds is 7. The van der Waals surface area contributed by atoms with Crippen molar-refractivity contribution < 1.29 is 22.9 Å². The van der Waals surface area contributed by atoms with Crippen LogP contribution in [0.15, 0.2) is 42.5 Å². The number of benzene rings is 2. The van der Waals surface area contributed by atoms with E-state index in [1.807, 2.05) is 4.90 Å². The van der Waals surface area contributed by atoms with Gasteiger partial charge in [0.2, 0.25) is 5.91 Å². The van der Waals surface area contributed by atoms with Crippen molar-refractivity contribution in [3.05, 3.63) is 63.7 Å². The number of hydrogen-bond acceptors (Lipinski definition) is 6. The van der Waals surface area contributed by atoms with Crippen molar-refractivity contribution in [3.63, 3.8) is 0 Å². The molecular formula is C28H38F3N5O3. The van der Waals surface area contributed by atoms with Crippen molar-refractivity contribution in [2.75, 3.05) is 56.0 Å². The molecule has 0 atom stereocenters. The van der Waals surface area contributed by atoms with Crippen LogP contribution in [-0.4, -0.2) is 72.5 Å². The molecule has 0 bridgehead atoms. The van der Waals surface area contributed by atoms with E-state index in [9.17, 15) is 28.1 Å². The van der Waals surface area contributed by atoms with Gasteiger partial charge in [0.05, 0.1) is 4.92 Å². The monoisotopic (exact) mass is 549 g/mol. The first kappa shape index (κ1) is 30.2. The van der Waals surface area contributed by atoms with Crippen LogP contribution in [0.2, 0.25) is 0 Å². The van der Waals surface area contributed by atoms with Gasteiger partial charge in [-0.1, -0.05) is 25.1 Å². The number of nitrogens with zero attached hydrogens (tertiary/aromatic N) is 4. The molecule has 0 aliphatic carbocycles. The molecule has 2 fully saturated rings. The Morgan fingerprint density at radius 1 is 1.03 bits per heavy atom. The van der Waals surface area contributed by atoms with E-state index in [1.165, 1.54) is 17.3 Å². The highest BCUT2D eigenvalue weighted by Crippen LogP contribution is 2.38. The van der Waals surface area contributed by atoms with Crippen LogP contribution in [0.25, 0.3) is 0 Å². The SMILES string of the molecule is C.Cc1ccc(N2CCCN(CCC(=O)N3CCC(Nc4ccc([N+](=O)[O-])c(C(F)(F)F)c4)CC3)CC2)cc1. The van der Waals surface area contributed by atoms with Gasteiger partial charge in [0.15, 0.2) is 0 Å². The summed E-state index contributed by atoms with van der Waals surface area (Å²) in [5.41, 5.74) is 0.429. The number of aryl methyl sites for hydroxylation is 1. The number of alkyl halides is 3. The minimum atomic E-state index is -4.82. The van der Waals surface area contributed by atoms with Crippen molar-refractivity contribution in [3.8, 4) is 0 Å². The molecule has 214 valence electrons. The molecule has 2 heterocycles. The smallest absolute Gasteiger partial charge is 0.382 e. The van der Waals surface area contributed by atoms with E-state index in [0.717, 1.165) is 44.7 Å². The van der Waals surface area contributed by atoms with Gasteiger partial charge in [-0.25, -0.2) is 0 Å². The molecule has 0 unspecified atom stereocenters. The predicted octanol–water partition coefficient (Wildman–Crippen LogP) is 5.56. The van der Waals surface area contributed by atoms with Gasteiger partial charge >= 0.3 is 6.18 Å². The second-order valence-electron chi connectivity index (χ2n) is 10.1. The van der Waals surface area contributed by atoms with Gasteiger partial charge in [0, 0.05) is 69.2 Å². The zero-order valence-electron chi connectivity index (χ0n) is 21.5. The molecule has 2 aliphatic heterocycles. The molecule has 2 aromatic rings. The van der Waals surface area contributed by atoms with Crippen LogP contribution in [0, 0.1) is 17.0 Å². The summed E-state index contributed by atoms with van der Waals surface area (Å²) in [6.45, 7) is 7.62. The van der Waals surface area contributed by atoms with Crippen LogP contribution in [0.1, 0.15) is 44.2 Å². The molecule has 0 spiro atoms. The Hall–Kier alpha value is -3.34. The van der Waals surface area contributed by atoms with Gasteiger partial charge in [-0.15, -0.1) is 0 Å². The van der Waals surface area contributed by atoms with E-state index >= 15 is 0 Å². The molecule has 2 saturated heterocycles. The number of hydrogen-bond donors (Lipinski definition) is 1. The fourth-order valence-corrected chi connectivity index (χ4v) is 5.14. The average molecular weight is 550 g/mol. The van der Waals surface area contributed by atoms with Crippen molar-refractivity contribution >= 4 is 23.0 Å². The number of halogens is 3. The van der Waals surface area contributed by atoms with Gasteiger partial charge in [-0.3, -0.25) is 14.9 Å². The van der Waals surface area contributed by atoms with Gasteiger partial charge in [0.1, 0.15) is 5.56 Å². The molecule has 0 aromatic heterocycles. The first-order chi connectivity index (χ1) is 18.1. The van der Waals surface area contributed by atoms with Crippen molar-refractivity contribution in [1.82, 2.24) is 9.80 Å². The molecule has 0 radical (unpaired) electrons. The number of nitro groups is 1. The Labute approximate surface area is 227 Å². The minimum Gasteiger partial charge on any atom is -0.382 e. The lowest BCUT2D eigenvalue weighted by Crippen LogP contribution is -2.43. The minimum absolute atomic E-state index is 0. The summed E-state index contributed by atoms with van der Waals surface area (Å²) in [6, 6.07) is 11.4. The predicted molar refractivity (Wildman–Crippen MR) is 147 cm³/mol. The fourth-order valence-electron chi connectivity index (χ4n) is 5.14. The van der Waals surface area contributed by atoms with Crippen LogP contribution < -0.4 is 10.2 Å². The number of likely N-dealkylation sites (tertiary alicyclic amines) is 1. The standard InChI is InChI=1S/C27H34F3N5O3.CH4/c1-20-3-6-23(7-4-20)33-13-2-12-32(17-18-33)14-11-26(36)34-15-9-21(10-16-34)31-22-5-8-25(35(37)38)24(19-22)27(28,29)30;/h3-8,19,21,31H,2,9-18H2,1H3;1H4. The maximum Gasteiger partial charge on any atom is 0.423 e. The largest absolute Gasteiger partial charge is 0.423 e. The number of nitrogens with one attached hydrogen (secondary N) is 1. The van der Waals surface area contributed by atoms with E-state index in [2.05, 4.69) is 46.3 Å². The van der Waals surface area contributed by atoms with Gasteiger partial charge in [0.25, 0.3) is 5.69 Å². The van der Waals surface area contributed by atoms with E-state index in [4.69, 9.17) is 0 Å². The first-order valence-electron chi connectivity index (χ1n) is 13.0. The molecule has 39 heavy (non-hydrogen) atoms. The Bertz CT molecular complexity index is 1120. The summed E-state index contributed by atoms with van der Waals surface area (Å²) in [7, 11) is 0. The highest BCUT2D eigenvalue weighted by molar-refractivity contribution is 5.76. The normalized spacial score (nSPS) is 17.3. The van der Waals surface area contributed by atoms with Crippen LogP contribution in [0.3, 0.4) is 0 Å². The summed E-state index contributed by atoms with van der Waals surface area (Å²) in [4.78, 5) is 29.3. The average Bonchev–Trinajstić information content (AvgIpc) is 3.13. The maximum atomic E-state index is 13.3. The van der Waals surface area contributed by atoms with Crippen molar-refractivity contribution in [1.29, 1.82) is 0 Å². The van der Waals surface area contributed by atoms with Crippen molar-refractivity contribution in [2.24, 2.45) is 0 Å². The van der Waals surface area contributed by atoms with Gasteiger partial charge < -0.3 is 20.0 Å². The lowest BCUT2D eigenvalue weighted by atomic mass is 10.0. The van der Waals surface area contributed by atoms with Crippen LogP contribution in [0.5, 0.6) is 0 Å². The third-order valence-electron chi connectivity index (χ3n) is 7.35. The number of carbonyl (C=O) groups excluding carboxylic acids is 1. The van der Waals surface area contributed by atoms with Crippen LogP contribution in [0.4, 0.5) is 30.2 Å². The summed E-state index contributed by atoms with van der Waals surface area (Å²) in [6.07, 6.45) is -2.14. The number of nitro benzene ring substituents is 1. The van der Waals surface area contributed by atoms with Crippen LogP contribution >= 0.6 is 0 Å². The van der Waals surface area contributed by atoms with Crippen molar-refractivity contribution in [2.45, 2.75) is 52.3 Å². The summed E-state index contributed by atoms with van der Waals surface area (Å²) in [5.74, 6) is 0.0952. The lowest BCUT2D eigenvalue weighted by molar-refractivity contribution is -0.388. The maximum absolute atomic E-state index is 13.3. The summed E-state index contributed by atoms with van der Waals surface area (Å²) >= 11 is 0. The number of anilines is 2. The molecule has 1 amide bonds. The Balaban J connectivity index is 0.00000420. The first-order valence-corrected chi connectivity index (χ1v) is 13.0. The topological polar surface area (TPSA) is 82.0 Å². The van der Waals surface area contributed by atoms with Gasteiger partial charge in [-0.05, 0) is 57.0 Å². The molecule has 4 rings (SSSR count). The Morgan fingerprint density at radius 2 is 1.72 bits per heavy atom. The van der Waals surface area contributed by atoms with Crippen LogP contribution in [-0.2, 0) is 11.0 Å². The molecule has 1 N–H and O–H groups in total. The zero-order chi connectivity index (χ0) is 27.3. The van der Waals surface area contributed by atoms with E-state index in [0.29, 0.717) is 38.9 Å². The van der Waals surface area contributed by atoms with E-state index in [1.54, 1.807) is 0 Å². The molecule has 11 heteroatoms. The molecule has 8 nitrogen and oxygen atoms in total. The molecular weight excluding hydrogens is 511 g/mol. The van der Waals surface area contributed by atoms with E-state index in [-0.39, 0.29) is 25.1 Å². The number of piperidine rings is 1. The highest BCUT2D eigenvalue weighted by Gasteiger charge is 2.38. The lowest BCUT2D eigenvalue weighted by Gasteiger charge is -2.33. The quantitative estimate of drug-likeness (QED) is 0.360. The number of amides is 1. The second kappa shape index (κ2) is 13.1. The second-order valence-corrected chi connectivity index (χ2v) is 10.1. The Morgan fingerprint density at radius 3 is 2.36 bits per heavy atom. The van der Waals surface area contributed by atoms with E-state index < -0.39 is 22.4 Å². The summed E-state index contributed by atoms with van der Waals surface area (Å²) in [5, 5.41) is 14.0. The summed E-state index contributed by atoms with van der Waals surface area (Å²) < 4.78 is 39.8. The molecule has 0 saturated carbocycles. The van der Waals surface area contributed by atoms with Gasteiger partial charge in [-0.2, -0.15) is 13.2 Å². The third-order valence-corrected chi connectivity index (χ3v) is 7.35. The highest BCUT2D eigenvalue weighted by atomic mass is 19.4. The molecule has 2 aliphatic rings. The Kier molecular flexibility index (Phi) is 10.2. The molecule has 2 aromatic carbocycles. The fraction of sp³-hybridized carbons (Fsp3) is 0.536. The zero-order valence-corrected chi connectivity index (χ0v) is 21.5. The number of carbonyl (C=O) groups is 1. The third kappa shape index (κ3) is 8.08.